The number of rotatable bonds is 12. The Morgan fingerprint density at radius 3 is 2.00 bits per heavy atom. The van der Waals surface area contributed by atoms with Crippen molar-refractivity contribution in [1.82, 2.24) is 5.32 Å². The maximum absolute atomic E-state index is 12.6. The fourth-order valence-electron chi connectivity index (χ4n) is 1.71. The summed E-state index contributed by atoms with van der Waals surface area (Å²) < 4.78 is 32.8. The lowest BCUT2D eigenvalue weighted by Gasteiger charge is -2.28. The third kappa shape index (κ3) is 11.9. The van der Waals surface area contributed by atoms with E-state index in [1.807, 2.05) is 0 Å². The summed E-state index contributed by atoms with van der Waals surface area (Å²) in [6.07, 6.45) is -3.76. The number of nitrogens with one attached hydrogen (secondary N) is 1. The average Bonchev–Trinajstić information content (AvgIpc) is 2.57. The van der Waals surface area contributed by atoms with Crippen LogP contribution >= 0.6 is 7.82 Å². The molecule has 0 fully saturated rings. The molecule has 0 saturated carbocycles. The van der Waals surface area contributed by atoms with Gasteiger partial charge in [0.15, 0.2) is 0 Å². The van der Waals surface area contributed by atoms with Crippen molar-refractivity contribution >= 4 is 13.9 Å². The molecular formula is C16H28N3O8P. The van der Waals surface area contributed by atoms with E-state index in [9.17, 15) is 19.6 Å². The maximum Gasteiger partial charge on any atom is 0.474 e. The molecule has 28 heavy (non-hydrogen) atoms. The molecule has 12 heteroatoms. The van der Waals surface area contributed by atoms with E-state index in [2.05, 4.69) is 5.32 Å². The predicted octanol–water partition coefficient (Wildman–Crippen LogP) is 1.61. The van der Waals surface area contributed by atoms with E-state index in [4.69, 9.17) is 28.8 Å². The standard InChI is InChI=1S/C16H28N3O8P/c1-12(20)14(21)13(19-15(22)27-16(2,3)4)11-26-28(23,24-9-5-7-17)25-10-6-8-18/h12-14,20-21H,5-6,9-11H2,1-4H3,(H,19,22)/t12-,13+,14-/m1/s1. The van der Waals surface area contributed by atoms with Gasteiger partial charge in [-0.25, -0.2) is 9.36 Å². The zero-order chi connectivity index (χ0) is 21.8. The number of carbonyl (C=O) groups is 1. The van der Waals surface area contributed by atoms with Crippen LogP contribution in [-0.2, 0) is 22.9 Å². The number of carbonyl (C=O) groups excluding carboxylic acids is 1. The number of amides is 1. The molecule has 0 unspecified atom stereocenters. The molecule has 0 aromatic heterocycles. The number of hydrogen-bond acceptors (Lipinski definition) is 10. The second-order valence-corrected chi connectivity index (χ2v) is 8.38. The quantitative estimate of drug-likeness (QED) is 0.310. The summed E-state index contributed by atoms with van der Waals surface area (Å²) in [7, 11) is -4.17. The van der Waals surface area contributed by atoms with Crippen molar-refractivity contribution in [2.45, 2.75) is 64.4 Å². The van der Waals surface area contributed by atoms with Crippen molar-refractivity contribution in [1.29, 1.82) is 10.5 Å². The molecule has 0 radical (unpaired) electrons. The van der Waals surface area contributed by atoms with Gasteiger partial charge in [0, 0.05) is 0 Å². The summed E-state index contributed by atoms with van der Waals surface area (Å²) in [5, 5.41) is 39.2. The number of aliphatic hydroxyl groups excluding tert-OH is 2. The SMILES string of the molecule is C[C@@H](O)[C@@H](O)[C@H](COP(=O)(OCCC#N)OCCC#N)NC(=O)OC(C)(C)C. The van der Waals surface area contributed by atoms with E-state index < -0.39 is 44.4 Å². The first kappa shape index (κ1) is 26.3. The monoisotopic (exact) mass is 421 g/mol. The molecule has 3 N–H and O–H groups in total. The number of ether oxygens (including phenoxy) is 1. The third-order valence-corrected chi connectivity index (χ3v) is 4.41. The van der Waals surface area contributed by atoms with Gasteiger partial charge in [0.25, 0.3) is 0 Å². The van der Waals surface area contributed by atoms with Gasteiger partial charge in [-0.1, -0.05) is 0 Å². The smallest absolute Gasteiger partial charge is 0.444 e. The number of nitriles is 2. The third-order valence-electron chi connectivity index (χ3n) is 2.95. The topological polar surface area (TPSA) is 171 Å². The molecule has 11 nitrogen and oxygen atoms in total. The van der Waals surface area contributed by atoms with Crippen LogP contribution in [0.25, 0.3) is 0 Å². The molecule has 160 valence electrons. The van der Waals surface area contributed by atoms with Crippen molar-refractivity contribution in [2.24, 2.45) is 0 Å². The van der Waals surface area contributed by atoms with Gasteiger partial charge < -0.3 is 20.3 Å². The van der Waals surface area contributed by atoms with Gasteiger partial charge >= 0.3 is 13.9 Å². The highest BCUT2D eigenvalue weighted by Gasteiger charge is 2.33. The second kappa shape index (κ2) is 12.7. The molecule has 0 aliphatic heterocycles. The number of aliphatic hydroxyl groups is 2. The van der Waals surface area contributed by atoms with Crippen molar-refractivity contribution in [3.8, 4) is 12.1 Å². The Kier molecular flexibility index (Phi) is 11.9. The maximum atomic E-state index is 12.6. The van der Waals surface area contributed by atoms with Crippen LogP contribution in [0.1, 0.15) is 40.5 Å². The summed E-state index contributed by atoms with van der Waals surface area (Å²) in [6, 6.07) is 2.39. The van der Waals surface area contributed by atoms with E-state index in [1.54, 1.807) is 32.9 Å². The predicted molar refractivity (Wildman–Crippen MR) is 96.8 cm³/mol. The molecule has 0 bridgehead atoms. The van der Waals surface area contributed by atoms with Crippen LogP contribution < -0.4 is 5.32 Å². The molecule has 0 aliphatic rings. The van der Waals surface area contributed by atoms with Crippen LogP contribution in [0.2, 0.25) is 0 Å². The number of hydrogen-bond donors (Lipinski definition) is 3. The van der Waals surface area contributed by atoms with Crippen LogP contribution in [0.3, 0.4) is 0 Å². The fraction of sp³-hybridized carbons (Fsp3) is 0.812. The van der Waals surface area contributed by atoms with Crippen molar-refractivity contribution < 1.29 is 37.9 Å². The second-order valence-electron chi connectivity index (χ2n) is 6.71. The highest BCUT2D eigenvalue weighted by atomic mass is 31.2. The summed E-state index contributed by atoms with van der Waals surface area (Å²) in [5.74, 6) is 0. The van der Waals surface area contributed by atoms with Crippen LogP contribution in [0, 0.1) is 22.7 Å². The van der Waals surface area contributed by atoms with E-state index in [-0.39, 0.29) is 26.1 Å². The molecule has 0 aromatic carbocycles. The van der Waals surface area contributed by atoms with Gasteiger partial charge in [-0.3, -0.25) is 13.6 Å². The van der Waals surface area contributed by atoms with Crippen molar-refractivity contribution in [3.05, 3.63) is 0 Å². The molecule has 1 amide bonds. The minimum Gasteiger partial charge on any atom is -0.444 e. The summed E-state index contributed by atoms with van der Waals surface area (Å²) in [5.41, 5.74) is -0.804. The van der Waals surface area contributed by atoms with Crippen LogP contribution in [0.15, 0.2) is 0 Å². The Hall–Kier alpha value is -1.72. The number of alkyl carbamates (subject to hydrolysis) is 1. The summed E-state index contributed by atoms with van der Waals surface area (Å²) in [4.78, 5) is 12.0. The lowest BCUT2D eigenvalue weighted by atomic mass is 10.1. The Bertz CT molecular complexity index is 584. The van der Waals surface area contributed by atoms with Gasteiger partial charge in [-0.15, -0.1) is 0 Å². The zero-order valence-electron chi connectivity index (χ0n) is 16.5. The molecular weight excluding hydrogens is 393 g/mol. The molecule has 0 saturated heterocycles. The zero-order valence-corrected chi connectivity index (χ0v) is 17.3. The minimum absolute atomic E-state index is 0.0785. The van der Waals surface area contributed by atoms with E-state index in [0.717, 1.165) is 0 Å². The van der Waals surface area contributed by atoms with Gasteiger partial charge in [0.1, 0.15) is 11.7 Å². The first-order valence-corrected chi connectivity index (χ1v) is 10.0. The Morgan fingerprint density at radius 1 is 1.11 bits per heavy atom. The van der Waals surface area contributed by atoms with E-state index in [1.165, 1.54) is 6.92 Å². The van der Waals surface area contributed by atoms with Crippen LogP contribution in [0.4, 0.5) is 4.79 Å². The Morgan fingerprint density at radius 2 is 1.61 bits per heavy atom. The lowest BCUT2D eigenvalue weighted by molar-refractivity contribution is -0.0149. The number of phosphoric acid groups is 1. The minimum atomic E-state index is -4.17. The van der Waals surface area contributed by atoms with Gasteiger partial charge in [0.2, 0.25) is 0 Å². The molecule has 3 atom stereocenters. The summed E-state index contributed by atoms with van der Waals surface area (Å²) in [6.45, 7) is 5.17. The Balaban J connectivity index is 5.12. The number of phosphoric ester groups is 1. The average molecular weight is 421 g/mol. The van der Waals surface area contributed by atoms with Gasteiger partial charge in [-0.05, 0) is 27.7 Å². The van der Waals surface area contributed by atoms with Crippen molar-refractivity contribution in [3.63, 3.8) is 0 Å². The molecule has 0 spiro atoms. The fourth-order valence-corrected chi connectivity index (χ4v) is 2.91. The first-order valence-electron chi connectivity index (χ1n) is 8.57. The summed E-state index contributed by atoms with van der Waals surface area (Å²) >= 11 is 0. The number of nitrogens with zero attached hydrogens (tertiary/aromatic N) is 2. The van der Waals surface area contributed by atoms with Gasteiger partial charge in [0.05, 0.1) is 56.9 Å². The highest BCUT2D eigenvalue weighted by Crippen LogP contribution is 2.49. The highest BCUT2D eigenvalue weighted by molar-refractivity contribution is 7.48. The van der Waals surface area contributed by atoms with Crippen LogP contribution in [-0.4, -0.2) is 60.0 Å². The van der Waals surface area contributed by atoms with Crippen molar-refractivity contribution in [2.75, 3.05) is 19.8 Å². The molecule has 0 heterocycles. The normalized spacial score (nSPS) is 15.0. The van der Waals surface area contributed by atoms with Crippen LogP contribution in [0.5, 0.6) is 0 Å². The lowest BCUT2D eigenvalue weighted by Crippen LogP contribution is -2.51. The van der Waals surface area contributed by atoms with Gasteiger partial charge in [-0.2, -0.15) is 10.5 Å². The molecule has 0 aromatic rings. The largest absolute Gasteiger partial charge is 0.474 e. The van der Waals surface area contributed by atoms with E-state index in [0.29, 0.717) is 0 Å². The first-order chi connectivity index (χ1) is 12.9. The molecule has 0 rings (SSSR count). The molecule has 0 aliphatic carbocycles. The Labute approximate surface area is 164 Å². The van der Waals surface area contributed by atoms with E-state index >= 15 is 0 Å².